The average Bonchev–Trinajstić information content (AvgIpc) is 1.91. The van der Waals surface area contributed by atoms with Gasteiger partial charge in [0.15, 0.2) is 0 Å². The summed E-state index contributed by atoms with van der Waals surface area (Å²) in [6, 6.07) is 0. The van der Waals surface area contributed by atoms with Gasteiger partial charge in [-0.2, -0.15) is 0 Å². The summed E-state index contributed by atoms with van der Waals surface area (Å²) in [6.45, 7) is 4.54. The molecule has 1 aliphatic heterocycles. The second-order valence-corrected chi connectivity index (χ2v) is 2.54. The Hall–Kier alpha value is -0.280. The van der Waals surface area contributed by atoms with Crippen molar-refractivity contribution in [3.63, 3.8) is 0 Å². The summed E-state index contributed by atoms with van der Waals surface area (Å²) in [4.78, 5) is 8.36. The Morgan fingerprint density at radius 1 is 1.45 bits per heavy atom. The van der Waals surface area contributed by atoms with Crippen molar-refractivity contribution in [2.45, 2.75) is 19.8 Å². The van der Waals surface area contributed by atoms with Crippen LogP contribution in [0.2, 0.25) is 0 Å². The van der Waals surface area contributed by atoms with Gasteiger partial charge in [0, 0.05) is 0 Å². The van der Waals surface area contributed by atoms with Gasteiger partial charge in [-0.3, -0.25) is 4.79 Å². The molecule has 2 N–H and O–H groups in total. The van der Waals surface area contributed by atoms with Crippen LogP contribution < -0.4 is 5.32 Å². The number of piperidine rings is 1. The van der Waals surface area contributed by atoms with Crippen LogP contribution in [0.25, 0.3) is 0 Å². The van der Waals surface area contributed by atoms with Crippen molar-refractivity contribution in [2.24, 2.45) is 5.92 Å². The molecule has 0 aromatic carbocycles. The number of carboxylic acid groups (broad SMARTS) is 1. The smallest absolute Gasteiger partial charge is 0.290 e. The molecular formula is C7H16ClNO2. The lowest BCUT2D eigenvalue weighted by Gasteiger charge is -2.17. The maximum Gasteiger partial charge on any atom is 0.290 e. The molecule has 0 bridgehead atoms. The first-order chi connectivity index (χ1) is 4.81. The van der Waals surface area contributed by atoms with Gasteiger partial charge in [0.1, 0.15) is 0 Å². The fraction of sp³-hybridized carbons (Fsp3) is 0.857. The Kier molecular flexibility index (Phi) is 11.8. The molecule has 1 fully saturated rings. The highest BCUT2D eigenvalue weighted by molar-refractivity contribution is 5.85. The van der Waals surface area contributed by atoms with Crippen LogP contribution >= 0.6 is 12.4 Å². The molecule has 0 radical (unpaired) electrons. The second kappa shape index (κ2) is 9.72. The van der Waals surface area contributed by atoms with Gasteiger partial charge in [-0.1, -0.05) is 6.92 Å². The molecule has 0 aromatic heterocycles. The summed E-state index contributed by atoms with van der Waals surface area (Å²) in [5.41, 5.74) is 0. The van der Waals surface area contributed by atoms with Crippen LogP contribution in [0.4, 0.5) is 0 Å². The van der Waals surface area contributed by atoms with Gasteiger partial charge in [0.05, 0.1) is 0 Å². The third kappa shape index (κ3) is 9.72. The van der Waals surface area contributed by atoms with E-state index in [2.05, 4.69) is 12.2 Å². The summed E-state index contributed by atoms with van der Waals surface area (Å²) >= 11 is 0. The van der Waals surface area contributed by atoms with Crippen LogP contribution in [-0.4, -0.2) is 24.7 Å². The third-order valence-corrected chi connectivity index (χ3v) is 1.63. The Balaban J connectivity index is 0. The highest BCUT2D eigenvalue weighted by atomic mass is 35.5. The molecule has 0 spiro atoms. The summed E-state index contributed by atoms with van der Waals surface area (Å²) in [7, 11) is 0. The molecule has 0 saturated carbocycles. The summed E-state index contributed by atoms with van der Waals surface area (Å²) in [6.07, 6.45) is 2.75. The van der Waals surface area contributed by atoms with Gasteiger partial charge in [-0.15, -0.1) is 12.4 Å². The SMILES string of the molecule is CC1CCNCC1.Cl.O=CO. The standard InChI is InChI=1S/C6H13N.CH2O2.ClH/c1-6-2-4-7-5-3-6;2-1-3;/h6-7H,2-5H2,1H3;1H,(H,2,3);1H. The molecule has 0 amide bonds. The first-order valence-corrected chi connectivity index (χ1v) is 3.59. The average molecular weight is 182 g/mol. The van der Waals surface area contributed by atoms with E-state index < -0.39 is 0 Å². The normalized spacial score (nSPS) is 17.2. The van der Waals surface area contributed by atoms with Crippen LogP contribution in [0.15, 0.2) is 0 Å². The molecule has 4 heteroatoms. The topological polar surface area (TPSA) is 49.3 Å². The van der Waals surface area contributed by atoms with Gasteiger partial charge in [-0.25, -0.2) is 0 Å². The quantitative estimate of drug-likeness (QED) is 0.551. The summed E-state index contributed by atoms with van der Waals surface area (Å²) in [5, 5.41) is 10.2. The lowest BCUT2D eigenvalue weighted by Crippen LogP contribution is -2.26. The number of hydrogen-bond acceptors (Lipinski definition) is 2. The van der Waals surface area contributed by atoms with Crippen LogP contribution in [0.1, 0.15) is 19.8 Å². The van der Waals surface area contributed by atoms with E-state index in [1.54, 1.807) is 0 Å². The molecule has 1 saturated heterocycles. The first-order valence-electron chi connectivity index (χ1n) is 3.59. The molecule has 1 aliphatic rings. The highest BCUT2D eigenvalue weighted by Gasteiger charge is 2.04. The fourth-order valence-electron chi connectivity index (χ4n) is 0.966. The van der Waals surface area contributed by atoms with Crippen molar-refractivity contribution < 1.29 is 9.90 Å². The van der Waals surface area contributed by atoms with Crippen molar-refractivity contribution in [3.8, 4) is 0 Å². The lowest BCUT2D eigenvalue weighted by atomic mass is 10.0. The number of carbonyl (C=O) groups is 1. The Labute approximate surface area is 73.6 Å². The molecule has 11 heavy (non-hydrogen) atoms. The Morgan fingerprint density at radius 2 is 1.82 bits per heavy atom. The lowest BCUT2D eigenvalue weighted by molar-refractivity contribution is -0.122. The van der Waals surface area contributed by atoms with Crippen LogP contribution in [-0.2, 0) is 4.79 Å². The molecule has 0 aromatic rings. The summed E-state index contributed by atoms with van der Waals surface area (Å²) in [5.74, 6) is 0.973. The van der Waals surface area contributed by atoms with Gasteiger partial charge in [-0.05, 0) is 31.8 Å². The maximum absolute atomic E-state index is 8.36. The van der Waals surface area contributed by atoms with E-state index >= 15 is 0 Å². The van der Waals surface area contributed by atoms with E-state index in [1.807, 2.05) is 0 Å². The van der Waals surface area contributed by atoms with Crippen molar-refractivity contribution in [1.29, 1.82) is 0 Å². The molecule has 0 aliphatic carbocycles. The highest BCUT2D eigenvalue weighted by Crippen LogP contribution is 2.08. The predicted molar refractivity (Wildman–Crippen MR) is 47.2 cm³/mol. The monoisotopic (exact) mass is 181 g/mol. The van der Waals surface area contributed by atoms with E-state index in [0.717, 1.165) is 5.92 Å². The molecule has 1 heterocycles. The fourth-order valence-corrected chi connectivity index (χ4v) is 0.966. The van der Waals surface area contributed by atoms with Gasteiger partial charge in [0.25, 0.3) is 6.47 Å². The Bertz CT molecular complexity index is 84.5. The molecule has 1 rings (SSSR count). The zero-order valence-corrected chi connectivity index (χ0v) is 7.56. The van der Waals surface area contributed by atoms with Crippen molar-refractivity contribution in [1.82, 2.24) is 5.32 Å². The zero-order valence-electron chi connectivity index (χ0n) is 6.75. The van der Waals surface area contributed by atoms with E-state index in [4.69, 9.17) is 9.90 Å². The first kappa shape index (κ1) is 13.3. The van der Waals surface area contributed by atoms with E-state index in [9.17, 15) is 0 Å². The number of nitrogens with one attached hydrogen (secondary N) is 1. The molecule has 0 atom stereocenters. The van der Waals surface area contributed by atoms with Gasteiger partial charge in [0.2, 0.25) is 0 Å². The van der Waals surface area contributed by atoms with E-state index in [0.29, 0.717) is 0 Å². The van der Waals surface area contributed by atoms with E-state index in [-0.39, 0.29) is 18.9 Å². The van der Waals surface area contributed by atoms with Crippen LogP contribution in [0.3, 0.4) is 0 Å². The van der Waals surface area contributed by atoms with Gasteiger partial charge < -0.3 is 10.4 Å². The number of hydrogen-bond donors (Lipinski definition) is 2. The number of rotatable bonds is 0. The molecule has 3 nitrogen and oxygen atoms in total. The zero-order chi connectivity index (χ0) is 7.82. The predicted octanol–water partition coefficient (Wildman–Crippen LogP) is 1.13. The minimum atomic E-state index is -0.250. The van der Waals surface area contributed by atoms with Crippen molar-refractivity contribution in [2.75, 3.05) is 13.1 Å². The van der Waals surface area contributed by atoms with E-state index in [1.165, 1.54) is 25.9 Å². The Morgan fingerprint density at radius 3 is 2.00 bits per heavy atom. The van der Waals surface area contributed by atoms with Crippen LogP contribution in [0.5, 0.6) is 0 Å². The second-order valence-electron chi connectivity index (χ2n) is 2.54. The molecular weight excluding hydrogens is 166 g/mol. The minimum absolute atomic E-state index is 0. The molecule has 0 unspecified atom stereocenters. The maximum atomic E-state index is 8.36. The summed E-state index contributed by atoms with van der Waals surface area (Å²) < 4.78 is 0. The van der Waals surface area contributed by atoms with Crippen LogP contribution in [0, 0.1) is 5.92 Å². The third-order valence-electron chi connectivity index (χ3n) is 1.63. The number of halogens is 1. The van der Waals surface area contributed by atoms with Crippen molar-refractivity contribution in [3.05, 3.63) is 0 Å². The van der Waals surface area contributed by atoms with Gasteiger partial charge >= 0.3 is 0 Å². The van der Waals surface area contributed by atoms with Crippen molar-refractivity contribution >= 4 is 18.9 Å². The minimum Gasteiger partial charge on any atom is -0.483 e. The largest absolute Gasteiger partial charge is 0.483 e. The molecule has 68 valence electrons.